The van der Waals surface area contributed by atoms with Crippen LogP contribution in [0.15, 0.2) is 66.0 Å². The molecule has 0 saturated carbocycles. The third kappa shape index (κ3) is 3.84. The molecule has 142 valence electrons. The van der Waals surface area contributed by atoms with E-state index in [1.807, 2.05) is 30.7 Å². The Hall–Kier alpha value is -2.57. The van der Waals surface area contributed by atoms with Crippen LogP contribution in [-0.4, -0.2) is 33.5 Å². The van der Waals surface area contributed by atoms with Crippen LogP contribution in [0, 0.1) is 0 Å². The lowest BCUT2D eigenvalue weighted by molar-refractivity contribution is 0.331. The highest BCUT2D eigenvalue weighted by atomic mass is 32.2. The summed E-state index contributed by atoms with van der Waals surface area (Å²) in [5, 5.41) is 7.07. The predicted octanol–water partition coefficient (Wildman–Crippen LogP) is 4.65. The van der Waals surface area contributed by atoms with Crippen molar-refractivity contribution in [3.05, 3.63) is 66.6 Å². The summed E-state index contributed by atoms with van der Waals surface area (Å²) in [6, 6.07) is 14.9. The molecule has 0 radical (unpaired) electrons. The summed E-state index contributed by atoms with van der Waals surface area (Å²) >= 11 is 1.79. The molecular formula is C22H23N5S. The van der Waals surface area contributed by atoms with E-state index in [0.717, 1.165) is 18.1 Å². The van der Waals surface area contributed by atoms with Gasteiger partial charge in [0, 0.05) is 30.0 Å². The molecule has 1 unspecified atom stereocenters. The second kappa shape index (κ2) is 7.81. The molecule has 2 aliphatic heterocycles. The van der Waals surface area contributed by atoms with E-state index in [0.29, 0.717) is 0 Å². The zero-order chi connectivity index (χ0) is 18.8. The number of hydrogen-bond donors (Lipinski definition) is 2. The summed E-state index contributed by atoms with van der Waals surface area (Å²) in [7, 11) is 0. The molecule has 0 spiro atoms. The number of nitrogens with zero attached hydrogens (tertiary/aromatic N) is 3. The van der Waals surface area contributed by atoms with Crippen molar-refractivity contribution in [1.29, 1.82) is 0 Å². The first-order valence-corrected chi connectivity index (χ1v) is 10.6. The van der Waals surface area contributed by atoms with Crippen molar-refractivity contribution in [2.45, 2.75) is 29.8 Å². The summed E-state index contributed by atoms with van der Waals surface area (Å²) in [6.45, 7) is 3.43. The summed E-state index contributed by atoms with van der Waals surface area (Å²) in [4.78, 5) is 12.4. The number of benzene rings is 1. The van der Waals surface area contributed by atoms with Crippen LogP contribution in [0.3, 0.4) is 0 Å². The Morgan fingerprint density at radius 1 is 1.00 bits per heavy atom. The monoisotopic (exact) mass is 389 g/mol. The second-order valence-electron chi connectivity index (χ2n) is 7.27. The number of hydrogen-bond acceptors (Lipinski definition) is 6. The minimum absolute atomic E-state index is 0.0808. The van der Waals surface area contributed by atoms with E-state index >= 15 is 0 Å². The van der Waals surface area contributed by atoms with Gasteiger partial charge in [0.05, 0.1) is 5.69 Å². The molecule has 2 aromatic heterocycles. The molecule has 4 heterocycles. The maximum atomic E-state index is 4.52. The molecule has 0 bridgehead atoms. The number of likely N-dealkylation sites (tertiary alicyclic amines) is 1. The fourth-order valence-electron chi connectivity index (χ4n) is 3.81. The Morgan fingerprint density at radius 2 is 1.86 bits per heavy atom. The van der Waals surface area contributed by atoms with Crippen molar-refractivity contribution >= 4 is 23.3 Å². The first kappa shape index (κ1) is 17.5. The van der Waals surface area contributed by atoms with E-state index in [1.165, 1.54) is 47.5 Å². The zero-order valence-corrected chi connectivity index (χ0v) is 16.5. The molecular weight excluding hydrogens is 366 g/mol. The molecule has 5 rings (SSSR count). The van der Waals surface area contributed by atoms with Gasteiger partial charge in [0.25, 0.3) is 0 Å². The van der Waals surface area contributed by atoms with E-state index in [-0.39, 0.29) is 5.50 Å². The van der Waals surface area contributed by atoms with Crippen molar-refractivity contribution < 1.29 is 0 Å². The second-order valence-corrected chi connectivity index (χ2v) is 8.41. The molecule has 0 aliphatic carbocycles. The largest absolute Gasteiger partial charge is 0.356 e. The lowest BCUT2D eigenvalue weighted by atomic mass is 10.1. The zero-order valence-electron chi connectivity index (χ0n) is 15.6. The molecule has 0 amide bonds. The Balaban J connectivity index is 1.27. The highest BCUT2D eigenvalue weighted by molar-refractivity contribution is 8.00. The topological polar surface area (TPSA) is 53.1 Å². The van der Waals surface area contributed by atoms with Gasteiger partial charge in [-0.1, -0.05) is 17.8 Å². The number of rotatable bonds is 5. The molecule has 3 aromatic rings. The van der Waals surface area contributed by atoms with Gasteiger partial charge in [-0.2, -0.15) is 0 Å². The number of thioether (sulfide) groups is 1. The maximum Gasteiger partial charge on any atom is 0.151 e. The van der Waals surface area contributed by atoms with Crippen LogP contribution in [0.25, 0.3) is 11.1 Å². The number of nitrogens with one attached hydrogen (secondary N) is 2. The normalized spacial score (nSPS) is 18.6. The SMILES string of the molecule is c1cc(-c2ccc3c(c2)SC(Nc2cc(CN4CCCC4)ccn2)N3)ccn1. The van der Waals surface area contributed by atoms with E-state index < -0.39 is 0 Å². The van der Waals surface area contributed by atoms with Crippen molar-refractivity contribution in [3.8, 4) is 11.1 Å². The van der Waals surface area contributed by atoms with Gasteiger partial charge in [0.1, 0.15) is 5.82 Å². The minimum Gasteiger partial charge on any atom is -0.356 e. The summed E-state index contributed by atoms with van der Waals surface area (Å²) < 4.78 is 0. The third-order valence-electron chi connectivity index (χ3n) is 5.23. The molecule has 6 heteroatoms. The van der Waals surface area contributed by atoms with E-state index in [4.69, 9.17) is 0 Å². The number of fused-ring (bicyclic) bond motifs is 1. The Bertz CT molecular complexity index is 956. The molecule has 1 atom stereocenters. The Labute approximate surface area is 169 Å². The first-order valence-electron chi connectivity index (χ1n) is 9.75. The van der Waals surface area contributed by atoms with Gasteiger partial charge < -0.3 is 10.6 Å². The van der Waals surface area contributed by atoms with Crippen LogP contribution in [0.5, 0.6) is 0 Å². The lowest BCUT2D eigenvalue weighted by Gasteiger charge is -2.17. The standard InChI is InChI=1S/C22H23N5S/c1-2-12-27(11-1)15-16-5-10-24-21(13-16)26-22-25-19-4-3-18(14-20(19)28-22)17-6-8-23-9-7-17/h3-10,13-14,22,25H,1-2,11-12,15H2,(H,24,26). The highest BCUT2D eigenvalue weighted by Crippen LogP contribution is 2.40. The van der Waals surface area contributed by atoms with Crippen molar-refractivity contribution in [3.63, 3.8) is 0 Å². The first-order chi connectivity index (χ1) is 13.8. The summed E-state index contributed by atoms with van der Waals surface area (Å²) in [5.41, 5.74) is 4.96. The van der Waals surface area contributed by atoms with Gasteiger partial charge in [-0.3, -0.25) is 9.88 Å². The van der Waals surface area contributed by atoms with Crippen LogP contribution in [0.1, 0.15) is 18.4 Å². The van der Waals surface area contributed by atoms with E-state index in [1.54, 1.807) is 11.8 Å². The molecule has 1 aromatic carbocycles. The lowest BCUT2D eigenvalue weighted by Crippen LogP contribution is -2.22. The molecule has 2 N–H and O–H groups in total. The van der Waals surface area contributed by atoms with Gasteiger partial charge >= 0.3 is 0 Å². The predicted molar refractivity (Wildman–Crippen MR) is 115 cm³/mol. The molecule has 5 nitrogen and oxygen atoms in total. The average molecular weight is 390 g/mol. The van der Waals surface area contributed by atoms with E-state index in [9.17, 15) is 0 Å². The third-order valence-corrected chi connectivity index (χ3v) is 6.30. The van der Waals surface area contributed by atoms with E-state index in [2.05, 4.69) is 55.8 Å². The Morgan fingerprint density at radius 3 is 2.71 bits per heavy atom. The fourth-order valence-corrected chi connectivity index (χ4v) is 4.88. The average Bonchev–Trinajstić information content (AvgIpc) is 3.37. The minimum atomic E-state index is 0.0808. The van der Waals surface area contributed by atoms with Crippen molar-refractivity contribution in [2.24, 2.45) is 0 Å². The van der Waals surface area contributed by atoms with Crippen molar-refractivity contribution in [2.75, 3.05) is 23.7 Å². The van der Waals surface area contributed by atoms with Crippen LogP contribution in [-0.2, 0) is 6.54 Å². The number of anilines is 2. The van der Waals surface area contributed by atoms with Crippen LogP contribution < -0.4 is 10.6 Å². The number of pyridine rings is 2. The maximum absolute atomic E-state index is 4.52. The quantitative estimate of drug-likeness (QED) is 0.662. The van der Waals surface area contributed by atoms with Crippen molar-refractivity contribution in [1.82, 2.24) is 14.9 Å². The number of aromatic nitrogens is 2. The fraction of sp³-hybridized carbons (Fsp3) is 0.273. The van der Waals surface area contributed by atoms with Crippen LogP contribution >= 0.6 is 11.8 Å². The molecule has 28 heavy (non-hydrogen) atoms. The summed E-state index contributed by atoms with van der Waals surface area (Å²) in [5.74, 6) is 0.920. The highest BCUT2D eigenvalue weighted by Gasteiger charge is 2.22. The van der Waals surface area contributed by atoms with Gasteiger partial charge in [-0.05, 0) is 79.0 Å². The van der Waals surface area contributed by atoms with Crippen LogP contribution in [0.4, 0.5) is 11.5 Å². The molecule has 1 saturated heterocycles. The smallest absolute Gasteiger partial charge is 0.151 e. The van der Waals surface area contributed by atoms with Crippen LogP contribution in [0.2, 0.25) is 0 Å². The summed E-state index contributed by atoms with van der Waals surface area (Å²) in [6.07, 6.45) is 8.21. The molecule has 1 fully saturated rings. The molecule has 2 aliphatic rings. The van der Waals surface area contributed by atoms with Gasteiger partial charge in [0.15, 0.2) is 5.50 Å². The van der Waals surface area contributed by atoms with Gasteiger partial charge in [-0.15, -0.1) is 0 Å². The van der Waals surface area contributed by atoms with Gasteiger partial charge in [-0.25, -0.2) is 4.98 Å². The van der Waals surface area contributed by atoms with Gasteiger partial charge in [0.2, 0.25) is 0 Å². The Kier molecular flexibility index (Phi) is 4.89.